The third kappa shape index (κ3) is 4.26. The topological polar surface area (TPSA) is 77.0 Å². The molecule has 8 heteroatoms. The van der Waals surface area contributed by atoms with Crippen LogP contribution in [0.4, 0.5) is 10.9 Å². The van der Waals surface area contributed by atoms with Gasteiger partial charge >= 0.3 is 5.97 Å². The Bertz CT molecular complexity index is 1380. The predicted molar refractivity (Wildman–Crippen MR) is 133 cm³/mol. The molecule has 0 saturated heterocycles. The zero-order valence-electron chi connectivity index (χ0n) is 17.6. The van der Waals surface area contributed by atoms with Crippen molar-refractivity contribution in [1.29, 1.82) is 0 Å². The van der Waals surface area contributed by atoms with Gasteiger partial charge in [0.25, 0.3) is 0 Å². The summed E-state index contributed by atoms with van der Waals surface area (Å²) >= 11 is 3.06. The summed E-state index contributed by atoms with van der Waals surface area (Å²) in [6.45, 7) is 0. The number of hydrogen-bond donors (Lipinski definition) is 1. The maximum atomic E-state index is 13.0. The molecular formula is C25H18N4O2S2. The quantitative estimate of drug-likeness (QED) is 0.285. The number of rotatable bonds is 6. The third-order valence-electron chi connectivity index (χ3n) is 4.98. The molecule has 0 aliphatic heterocycles. The van der Waals surface area contributed by atoms with Gasteiger partial charge in [0.2, 0.25) is 0 Å². The Kier molecular flexibility index (Phi) is 5.93. The molecule has 0 amide bonds. The van der Waals surface area contributed by atoms with Gasteiger partial charge in [0.05, 0.1) is 17.7 Å². The maximum Gasteiger partial charge on any atom is 0.342 e. The normalized spacial score (nSPS) is 10.7. The second-order valence-electron chi connectivity index (χ2n) is 7.01. The molecule has 0 atom stereocenters. The van der Waals surface area contributed by atoms with Crippen molar-refractivity contribution in [1.82, 2.24) is 15.2 Å². The highest BCUT2D eigenvalue weighted by molar-refractivity contribution is 7.16. The largest absolute Gasteiger partial charge is 0.465 e. The summed E-state index contributed by atoms with van der Waals surface area (Å²) in [5, 5.41) is 16.7. The number of ether oxygens (including phenoxy) is 1. The van der Waals surface area contributed by atoms with Crippen LogP contribution in [0.1, 0.15) is 10.4 Å². The molecule has 6 nitrogen and oxygen atoms in total. The number of anilines is 2. The molecule has 0 fully saturated rings. The second-order valence-corrected chi connectivity index (χ2v) is 8.82. The summed E-state index contributed by atoms with van der Waals surface area (Å²) in [5.41, 5.74) is 4.13. The Morgan fingerprint density at radius 1 is 0.879 bits per heavy atom. The Balaban J connectivity index is 1.67. The summed E-state index contributed by atoms with van der Waals surface area (Å²) in [6.07, 6.45) is 0. The number of hydrogen-bond acceptors (Lipinski definition) is 8. The van der Waals surface area contributed by atoms with Crippen molar-refractivity contribution >= 4 is 39.6 Å². The SMILES string of the molecule is COC(=O)c1c(Nc2nc(-c3cccs3)cs2)nnc(-c2ccccc2)c1-c1ccccc1. The Labute approximate surface area is 198 Å². The van der Waals surface area contributed by atoms with E-state index in [9.17, 15) is 4.79 Å². The van der Waals surface area contributed by atoms with Crippen LogP contribution in [0.25, 0.3) is 33.0 Å². The van der Waals surface area contributed by atoms with Crippen LogP contribution in [0.15, 0.2) is 83.6 Å². The summed E-state index contributed by atoms with van der Waals surface area (Å²) in [4.78, 5) is 18.8. The lowest BCUT2D eigenvalue weighted by molar-refractivity contribution is 0.0602. The Morgan fingerprint density at radius 3 is 2.27 bits per heavy atom. The van der Waals surface area contributed by atoms with E-state index in [2.05, 4.69) is 20.5 Å². The van der Waals surface area contributed by atoms with Gasteiger partial charge < -0.3 is 10.1 Å². The molecule has 3 heterocycles. The summed E-state index contributed by atoms with van der Waals surface area (Å²) < 4.78 is 5.17. The van der Waals surface area contributed by atoms with Crippen molar-refractivity contribution in [3.63, 3.8) is 0 Å². The summed E-state index contributed by atoms with van der Waals surface area (Å²) in [6, 6.07) is 23.3. The van der Waals surface area contributed by atoms with Gasteiger partial charge in [-0.15, -0.1) is 32.9 Å². The van der Waals surface area contributed by atoms with E-state index < -0.39 is 5.97 Å². The highest BCUT2D eigenvalue weighted by Crippen LogP contribution is 2.38. The van der Waals surface area contributed by atoms with Crippen LogP contribution in [0.3, 0.4) is 0 Å². The fourth-order valence-electron chi connectivity index (χ4n) is 3.48. The average molecular weight is 471 g/mol. The van der Waals surface area contributed by atoms with Gasteiger partial charge in [-0.1, -0.05) is 66.7 Å². The minimum absolute atomic E-state index is 0.299. The van der Waals surface area contributed by atoms with E-state index in [0.717, 1.165) is 21.7 Å². The highest BCUT2D eigenvalue weighted by Gasteiger charge is 2.26. The van der Waals surface area contributed by atoms with E-state index in [1.165, 1.54) is 18.4 Å². The van der Waals surface area contributed by atoms with Gasteiger partial charge in [-0.25, -0.2) is 9.78 Å². The second kappa shape index (κ2) is 9.32. The molecule has 2 aromatic carbocycles. The van der Waals surface area contributed by atoms with Gasteiger partial charge in [0.15, 0.2) is 10.9 Å². The van der Waals surface area contributed by atoms with Crippen molar-refractivity contribution in [2.75, 3.05) is 12.4 Å². The molecule has 0 unspecified atom stereocenters. The van der Waals surface area contributed by atoms with Crippen molar-refractivity contribution < 1.29 is 9.53 Å². The molecule has 33 heavy (non-hydrogen) atoms. The number of esters is 1. The molecule has 3 aromatic heterocycles. The first-order chi connectivity index (χ1) is 16.2. The van der Waals surface area contributed by atoms with Crippen molar-refractivity contribution in [3.05, 3.63) is 89.1 Å². The molecule has 0 bridgehead atoms. The van der Waals surface area contributed by atoms with Gasteiger partial charge in [-0.05, 0) is 17.0 Å². The molecular weight excluding hydrogens is 452 g/mol. The van der Waals surface area contributed by atoms with Gasteiger partial charge in [-0.3, -0.25) is 0 Å². The minimum Gasteiger partial charge on any atom is -0.465 e. The number of carbonyl (C=O) groups excluding carboxylic acids is 1. The van der Waals surface area contributed by atoms with Crippen LogP contribution >= 0.6 is 22.7 Å². The standard InChI is InChI=1S/C25H18N4O2S2/c1-31-24(30)21-20(16-9-4-2-5-10-16)22(17-11-6-3-7-12-17)28-29-23(21)27-25-26-18(15-33-25)19-13-8-14-32-19/h2-15H,1H3,(H,26,27,29). The number of carbonyl (C=O) groups is 1. The van der Waals surface area contributed by atoms with Gasteiger partial charge in [0.1, 0.15) is 11.3 Å². The lowest BCUT2D eigenvalue weighted by Gasteiger charge is -2.16. The van der Waals surface area contributed by atoms with Gasteiger partial charge in [-0.2, -0.15) is 0 Å². The number of thiophene rings is 1. The number of aromatic nitrogens is 3. The molecule has 0 aliphatic carbocycles. The fourth-order valence-corrected chi connectivity index (χ4v) is 4.95. The molecule has 5 aromatic rings. The summed E-state index contributed by atoms with van der Waals surface area (Å²) in [7, 11) is 1.36. The van der Waals surface area contributed by atoms with E-state index in [0.29, 0.717) is 27.8 Å². The first-order valence-electron chi connectivity index (χ1n) is 10.1. The van der Waals surface area contributed by atoms with Crippen LogP contribution in [0.2, 0.25) is 0 Å². The van der Waals surface area contributed by atoms with E-state index in [1.54, 1.807) is 11.3 Å². The van der Waals surface area contributed by atoms with E-state index in [1.807, 2.05) is 83.6 Å². The van der Waals surface area contributed by atoms with Crippen LogP contribution in [0, 0.1) is 0 Å². The Hall–Kier alpha value is -3.88. The molecule has 0 saturated carbocycles. The predicted octanol–water partition coefficient (Wildman–Crippen LogP) is 6.53. The maximum absolute atomic E-state index is 13.0. The fraction of sp³-hybridized carbons (Fsp3) is 0.0400. The number of nitrogens with one attached hydrogen (secondary N) is 1. The van der Waals surface area contributed by atoms with Crippen molar-refractivity contribution in [2.45, 2.75) is 0 Å². The zero-order valence-corrected chi connectivity index (χ0v) is 19.2. The number of thiazole rings is 1. The van der Waals surface area contributed by atoms with Crippen molar-refractivity contribution in [2.24, 2.45) is 0 Å². The third-order valence-corrected chi connectivity index (χ3v) is 6.63. The molecule has 0 radical (unpaired) electrons. The molecule has 1 N–H and O–H groups in total. The van der Waals surface area contributed by atoms with Crippen LogP contribution in [-0.4, -0.2) is 28.3 Å². The van der Waals surface area contributed by atoms with Crippen molar-refractivity contribution in [3.8, 4) is 33.0 Å². The number of benzene rings is 2. The van der Waals surface area contributed by atoms with Gasteiger partial charge in [0, 0.05) is 16.5 Å². The summed E-state index contributed by atoms with van der Waals surface area (Å²) in [5.74, 6) is -0.203. The van der Waals surface area contributed by atoms with Crippen LogP contribution < -0.4 is 5.32 Å². The molecule has 5 rings (SSSR count). The Morgan fingerprint density at radius 2 is 1.61 bits per heavy atom. The highest BCUT2D eigenvalue weighted by atomic mass is 32.1. The smallest absolute Gasteiger partial charge is 0.342 e. The first-order valence-corrected chi connectivity index (χ1v) is 11.9. The first kappa shape index (κ1) is 21.0. The lowest BCUT2D eigenvalue weighted by Crippen LogP contribution is -2.12. The van der Waals surface area contributed by atoms with Crippen LogP contribution in [-0.2, 0) is 4.74 Å². The molecule has 162 valence electrons. The van der Waals surface area contributed by atoms with E-state index in [4.69, 9.17) is 4.74 Å². The lowest BCUT2D eigenvalue weighted by atomic mass is 9.95. The van der Waals surface area contributed by atoms with E-state index in [-0.39, 0.29) is 0 Å². The molecule has 0 aliphatic rings. The monoisotopic (exact) mass is 470 g/mol. The average Bonchev–Trinajstić information content (AvgIpc) is 3.57. The molecule has 0 spiro atoms. The number of nitrogens with zero attached hydrogens (tertiary/aromatic N) is 3. The van der Waals surface area contributed by atoms with E-state index >= 15 is 0 Å². The minimum atomic E-state index is -0.501. The van der Waals surface area contributed by atoms with Crippen LogP contribution in [0.5, 0.6) is 0 Å². The zero-order chi connectivity index (χ0) is 22.6. The number of methoxy groups -OCH3 is 1.